The molecule has 3 atom stereocenters. The molecule has 0 aliphatic heterocycles. The molecule has 1 saturated carbocycles. The first-order chi connectivity index (χ1) is 8.39. The molecule has 0 saturated heterocycles. The monoisotopic (exact) mass is 244 g/mol. The molecule has 3 rings (SSSR count). The summed E-state index contributed by atoms with van der Waals surface area (Å²) in [6.07, 6.45) is 8.32. The fourth-order valence-electron chi connectivity index (χ4n) is 4.71. The highest BCUT2D eigenvalue weighted by Crippen LogP contribution is 2.58. The Labute approximate surface area is 113 Å². The van der Waals surface area contributed by atoms with Gasteiger partial charge in [-0.05, 0) is 53.9 Å². The molecular weight excluding hydrogens is 216 g/mol. The molecule has 0 heterocycles. The van der Waals surface area contributed by atoms with Crippen LogP contribution in [0.1, 0.15) is 60.3 Å². The summed E-state index contributed by atoms with van der Waals surface area (Å²) < 4.78 is 0. The van der Waals surface area contributed by atoms with Gasteiger partial charge in [0, 0.05) is 0 Å². The van der Waals surface area contributed by atoms with E-state index in [1.54, 1.807) is 11.1 Å². The highest BCUT2D eigenvalue weighted by Gasteiger charge is 2.47. The van der Waals surface area contributed by atoms with Crippen LogP contribution in [-0.2, 0) is 0 Å². The minimum absolute atomic E-state index is 0.361. The Kier molecular flexibility index (Phi) is 2.77. The standard InChI is InChI=1S/C18H28/c1-11(2)17-14-8-6-7-13(14)15-9-12(10-16(15)17)18(3,4)5/h10-11,13-14,17H,6-9H2,1-5H3. The van der Waals surface area contributed by atoms with Crippen LogP contribution in [0.15, 0.2) is 22.8 Å². The third kappa shape index (κ3) is 1.72. The summed E-state index contributed by atoms with van der Waals surface area (Å²) in [7, 11) is 0. The highest BCUT2D eigenvalue weighted by molar-refractivity contribution is 5.48. The van der Waals surface area contributed by atoms with Gasteiger partial charge < -0.3 is 0 Å². The molecular formula is C18H28. The molecule has 0 radical (unpaired) electrons. The van der Waals surface area contributed by atoms with E-state index in [-0.39, 0.29) is 0 Å². The van der Waals surface area contributed by atoms with Gasteiger partial charge in [-0.15, -0.1) is 0 Å². The van der Waals surface area contributed by atoms with Gasteiger partial charge in [-0.3, -0.25) is 0 Å². The van der Waals surface area contributed by atoms with Crippen molar-refractivity contribution in [3.63, 3.8) is 0 Å². The van der Waals surface area contributed by atoms with Crippen LogP contribution in [0.2, 0.25) is 0 Å². The number of allylic oxidation sites excluding steroid dienone is 4. The van der Waals surface area contributed by atoms with Crippen molar-refractivity contribution >= 4 is 0 Å². The Balaban J connectivity index is 1.95. The summed E-state index contributed by atoms with van der Waals surface area (Å²) in [5.41, 5.74) is 5.66. The summed E-state index contributed by atoms with van der Waals surface area (Å²) in [5.74, 6) is 3.63. The largest absolute Gasteiger partial charge is 0.0622 e. The van der Waals surface area contributed by atoms with Crippen LogP contribution in [0, 0.1) is 29.1 Å². The fraction of sp³-hybridized carbons (Fsp3) is 0.778. The minimum atomic E-state index is 0.361. The lowest BCUT2D eigenvalue weighted by Crippen LogP contribution is -2.20. The zero-order valence-electron chi connectivity index (χ0n) is 12.7. The normalized spacial score (nSPS) is 35.2. The average Bonchev–Trinajstić information content (AvgIpc) is 2.82. The molecule has 100 valence electrons. The quantitative estimate of drug-likeness (QED) is 0.582. The molecule has 0 aromatic rings. The topological polar surface area (TPSA) is 0 Å². The zero-order valence-corrected chi connectivity index (χ0v) is 12.7. The molecule has 0 spiro atoms. The second-order valence-corrected chi connectivity index (χ2v) is 8.05. The second-order valence-electron chi connectivity index (χ2n) is 8.05. The number of hydrogen-bond acceptors (Lipinski definition) is 0. The van der Waals surface area contributed by atoms with Crippen molar-refractivity contribution in [2.45, 2.75) is 60.3 Å². The molecule has 0 bridgehead atoms. The SMILES string of the molecule is CC(C)C1C2=C(CC(C(C)(C)C)=C2)C2CCCC21. The van der Waals surface area contributed by atoms with Gasteiger partial charge in [0.15, 0.2) is 0 Å². The molecule has 0 aromatic carbocycles. The Morgan fingerprint density at radius 2 is 1.89 bits per heavy atom. The number of rotatable bonds is 1. The van der Waals surface area contributed by atoms with Gasteiger partial charge in [-0.1, -0.05) is 58.3 Å². The number of fused-ring (bicyclic) bond motifs is 2. The molecule has 0 N–H and O–H groups in total. The smallest absolute Gasteiger partial charge is 0.00911 e. The van der Waals surface area contributed by atoms with E-state index >= 15 is 0 Å². The van der Waals surface area contributed by atoms with Gasteiger partial charge in [-0.25, -0.2) is 0 Å². The molecule has 0 amide bonds. The molecule has 1 fully saturated rings. The van der Waals surface area contributed by atoms with Crippen LogP contribution >= 0.6 is 0 Å². The van der Waals surface area contributed by atoms with Crippen molar-refractivity contribution in [3.8, 4) is 0 Å². The molecule has 0 nitrogen and oxygen atoms in total. The first kappa shape index (κ1) is 12.5. The maximum atomic E-state index is 2.60. The van der Waals surface area contributed by atoms with Crippen LogP contribution in [0.25, 0.3) is 0 Å². The van der Waals surface area contributed by atoms with Crippen molar-refractivity contribution in [2.75, 3.05) is 0 Å². The lowest BCUT2D eigenvalue weighted by atomic mass is 9.77. The Morgan fingerprint density at radius 3 is 2.50 bits per heavy atom. The van der Waals surface area contributed by atoms with E-state index in [4.69, 9.17) is 0 Å². The molecule has 0 heteroatoms. The van der Waals surface area contributed by atoms with Crippen molar-refractivity contribution in [3.05, 3.63) is 22.8 Å². The summed E-state index contributed by atoms with van der Waals surface area (Å²) in [6.45, 7) is 12.0. The van der Waals surface area contributed by atoms with Gasteiger partial charge in [0.1, 0.15) is 0 Å². The van der Waals surface area contributed by atoms with E-state index in [1.165, 1.54) is 25.7 Å². The molecule has 0 aromatic heterocycles. The Bertz CT molecular complexity index is 414. The maximum Gasteiger partial charge on any atom is -0.00911 e. The maximum absolute atomic E-state index is 2.60. The van der Waals surface area contributed by atoms with Gasteiger partial charge in [0.25, 0.3) is 0 Å². The van der Waals surface area contributed by atoms with E-state index in [1.807, 2.05) is 5.57 Å². The van der Waals surface area contributed by atoms with E-state index in [0.717, 1.165) is 23.7 Å². The predicted octanol–water partition coefficient (Wildman–Crippen LogP) is 5.36. The first-order valence-electron chi connectivity index (χ1n) is 7.83. The van der Waals surface area contributed by atoms with Gasteiger partial charge in [0.05, 0.1) is 0 Å². The van der Waals surface area contributed by atoms with Gasteiger partial charge in [-0.2, -0.15) is 0 Å². The third-order valence-electron chi connectivity index (χ3n) is 5.60. The Morgan fingerprint density at radius 1 is 1.17 bits per heavy atom. The molecule has 3 unspecified atom stereocenters. The summed E-state index contributed by atoms with van der Waals surface area (Å²) in [4.78, 5) is 0. The Hall–Kier alpha value is -0.520. The van der Waals surface area contributed by atoms with Crippen LogP contribution < -0.4 is 0 Å². The van der Waals surface area contributed by atoms with E-state index in [0.29, 0.717) is 5.41 Å². The van der Waals surface area contributed by atoms with Crippen LogP contribution in [-0.4, -0.2) is 0 Å². The van der Waals surface area contributed by atoms with Crippen molar-refractivity contribution in [2.24, 2.45) is 29.1 Å². The van der Waals surface area contributed by atoms with Gasteiger partial charge in [0.2, 0.25) is 0 Å². The summed E-state index contributed by atoms with van der Waals surface area (Å²) in [6, 6.07) is 0. The van der Waals surface area contributed by atoms with Crippen molar-refractivity contribution in [1.29, 1.82) is 0 Å². The second kappa shape index (κ2) is 3.99. The minimum Gasteiger partial charge on any atom is -0.0622 e. The molecule has 3 aliphatic rings. The zero-order chi connectivity index (χ0) is 13.1. The van der Waals surface area contributed by atoms with Crippen molar-refractivity contribution < 1.29 is 0 Å². The van der Waals surface area contributed by atoms with E-state index in [9.17, 15) is 0 Å². The van der Waals surface area contributed by atoms with Gasteiger partial charge >= 0.3 is 0 Å². The van der Waals surface area contributed by atoms with Crippen LogP contribution in [0.3, 0.4) is 0 Å². The van der Waals surface area contributed by atoms with E-state index < -0.39 is 0 Å². The van der Waals surface area contributed by atoms with E-state index in [2.05, 4.69) is 40.7 Å². The predicted molar refractivity (Wildman–Crippen MR) is 78.3 cm³/mol. The molecule has 3 aliphatic carbocycles. The summed E-state index contributed by atoms with van der Waals surface area (Å²) in [5, 5.41) is 0. The summed E-state index contributed by atoms with van der Waals surface area (Å²) >= 11 is 0. The van der Waals surface area contributed by atoms with Crippen LogP contribution in [0.4, 0.5) is 0 Å². The fourth-order valence-corrected chi connectivity index (χ4v) is 4.71. The first-order valence-corrected chi connectivity index (χ1v) is 7.83. The highest BCUT2D eigenvalue weighted by atomic mass is 14.5. The molecule has 18 heavy (non-hydrogen) atoms. The third-order valence-corrected chi connectivity index (χ3v) is 5.60. The lowest BCUT2D eigenvalue weighted by Gasteiger charge is -2.28. The number of hydrogen-bond donors (Lipinski definition) is 0. The van der Waals surface area contributed by atoms with Crippen molar-refractivity contribution in [1.82, 2.24) is 0 Å². The average molecular weight is 244 g/mol. The van der Waals surface area contributed by atoms with Crippen LogP contribution in [0.5, 0.6) is 0 Å². The lowest BCUT2D eigenvalue weighted by molar-refractivity contribution is 0.291.